The molecule has 0 aliphatic carbocycles. The van der Waals surface area contributed by atoms with Gasteiger partial charge in [0.25, 0.3) is 0 Å². The van der Waals surface area contributed by atoms with Gasteiger partial charge in [0.1, 0.15) is 0 Å². The molecule has 0 saturated heterocycles. The SMILES string of the molecule is CC(C(=O)O)[CH](C(=O)O)[Ge]([Cl])([Cl])[Cl]. The van der Waals surface area contributed by atoms with E-state index in [-0.39, 0.29) is 0 Å². The summed E-state index contributed by atoms with van der Waals surface area (Å²) in [5.74, 6) is -3.82. The summed E-state index contributed by atoms with van der Waals surface area (Å²) in [5, 5.41) is 17.2. The molecule has 0 aromatic heterocycles. The van der Waals surface area contributed by atoms with Gasteiger partial charge in [-0.2, -0.15) is 0 Å². The topological polar surface area (TPSA) is 74.6 Å². The van der Waals surface area contributed by atoms with Crippen LogP contribution in [0.2, 0.25) is 4.75 Å². The fourth-order valence-electron chi connectivity index (χ4n) is 0.780. The molecular weight excluding hydrogens is 303 g/mol. The first-order chi connectivity index (χ1) is 5.68. The predicted octanol–water partition coefficient (Wildman–Crippen LogP) is 1.82. The number of carboxylic acid groups (broad SMARTS) is 2. The molecule has 0 fully saturated rings. The van der Waals surface area contributed by atoms with Crippen molar-refractivity contribution < 1.29 is 19.8 Å². The maximum atomic E-state index is 10.6. The van der Waals surface area contributed by atoms with Gasteiger partial charge in [-0.1, -0.05) is 0 Å². The molecule has 2 N–H and O–H groups in total. The van der Waals surface area contributed by atoms with Crippen molar-refractivity contribution in [2.75, 3.05) is 0 Å². The first-order valence-electron chi connectivity index (χ1n) is 3.20. The van der Waals surface area contributed by atoms with Crippen LogP contribution in [0.25, 0.3) is 0 Å². The quantitative estimate of drug-likeness (QED) is 0.777. The van der Waals surface area contributed by atoms with Gasteiger partial charge in [-0.25, -0.2) is 0 Å². The minimum absolute atomic E-state index is 1.18. The Labute approximate surface area is 89.7 Å². The van der Waals surface area contributed by atoms with E-state index >= 15 is 0 Å². The Hall–Kier alpha value is 0.353. The van der Waals surface area contributed by atoms with Gasteiger partial charge in [0.05, 0.1) is 0 Å². The summed E-state index contributed by atoms with van der Waals surface area (Å²) in [6.45, 7) is 1.22. The Morgan fingerprint density at radius 2 is 1.54 bits per heavy atom. The molecule has 0 aromatic carbocycles. The molecule has 0 rings (SSSR count). The standard InChI is InChI=1S/C5H7Cl3GeO4/c1-2(4(10)11)3(5(12)13)9(6,7)8/h2-3H,1H3,(H,10,11)(H,12,13). The van der Waals surface area contributed by atoms with E-state index in [2.05, 4.69) is 0 Å². The number of halogens is 3. The molecule has 0 radical (unpaired) electrons. The third-order valence-corrected chi connectivity index (χ3v) is 8.22. The van der Waals surface area contributed by atoms with Gasteiger partial charge >= 0.3 is 89.8 Å². The van der Waals surface area contributed by atoms with Crippen molar-refractivity contribution in [3.05, 3.63) is 0 Å². The van der Waals surface area contributed by atoms with Gasteiger partial charge < -0.3 is 0 Å². The number of hydrogen-bond acceptors (Lipinski definition) is 2. The Bertz CT molecular complexity index is 226. The Morgan fingerprint density at radius 3 is 1.62 bits per heavy atom. The molecule has 8 heteroatoms. The Kier molecular flexibility index (Phi) is 4.86. The normalized spacial score (nSPS) is 16.3. The molecule has 0 bridgehead atoms. The van der Waals surface area contributed by atoms with Crippen LogP contribution in [0.5, 0.6) is 0 Å². The van der Waals surface area contributed by atoms with Crippen molar-refractivity contribution in [1.82, 2.24) is 0 Å². The molecule has 13 heavy (non-hydrogen) atoms. The van der Waals surface area contributed by atoms with Crippen LogP contribution < -0.4 is 0 Å². The molecule has 0 saturated carbocycles. The van der Waals surface area contributed by atoms with Gasteiger partial charge in [-0.3, -0.25) is 0 Å². The summed E-state index contributed by atoms with van der Waals surface area (Å²) in [7, 11) is 12.5. The van der Waals surface area contributed by atoms with Crippen LogP contribution >= 0.6 is 30.0 Å². The van der Waals surface area contributed by atoms with Crippen LogP contribution in [0.1, 0.15) is 6.92 Å². The van der Waals surface area contributed by atoms with Crippen LogP contribution in [0.3, 0.4) is 0 Å². The van der Waals surface area contributed by atoms with E-state index in [1.165, 1.54) is 6.92 Å². The molecule has 2 unspecified atom stereocenters. The van der Waals surface area contributed by atoms with Crippen molar-refractivity contribution in [2.45, 2.75) is 11.7 Å². The molecule has 0 spiro atoms. The first kappa shape index (κ1) is 13.4. The van der Waals surface area contributed by atoms with E-state index < -0.39 is 33.1 Å². The van der Waals surface area contributed by atoms with Gasteiger partial charge in [-0.15, -0.1) is 0 Å². The zero-order valence-corrected chi connectivity index (χ0v) is 10.9. The number of aliphatic carboxylic acids is 2. The molecule has 76 valence electrons. The third kappa shape index (κ3) is 3.93. The summed E-state index contributed by atoms with van der Waals surface area (Å²) in [6.07, 6.45) is 0. The van der Waals surface area contributed by atoms with Gasteiger partial charge in [0.15, 0.2) is 0 Å². The second kappa shape index (κ2) is 4.73. The monoisotopic (exact) mass is 310 g/mol. The maximum absolute atomic E-state index is 10.6. The zero-order chi connectivity index (χ0) is 10.8. The number of carboxylic acids is 2. The van der Waals surface area contributed by atoms with E-state index in [1.54, 1.807) is 0 Å². The van der Waals surface area contributed by atoms with E-state index in [1.807, 2.05) is 0 Å². The Morgan fingerprint density at radius 1 is 1.15 bits per heavy atom. The predicted molar refractivity (Wildman–Crippen MR) is 51.5 cm³/mol. The molecule has 0 amide bonds. The molecule has 0 aliphatic rings. The summed E-state index contributed by atoms with van der Waals surface area (Å²) in [5.41, 5.74) is 0. The second-order valence-electron chi connectivity index (χ2n) is 2.48. The molecule has 0 aromatic rings. The zero-order valence-electron chi connectivity index (χ0n) is 6.50. The fraction of sp³-hybridized carbons (Fsp3) is 0.600. The van der Waals surface area contributed by atoms with E-state index in [0.717, 1.165) is 0 Å². The van der Waals surface area contributed by atoms with Crippen molar-refractivity contribution in [3.63, 3.8) is 0 Å². The Balaban J connectivity index is 4.83. The molecule has 0 heterocycles. The van der Waals surface area contributed by atoms with Crippen molar-refractivity contribution in [2.24, 2.45) is 5.92 Å². The molecule has 2 atom stereocenters. The summed E-state index contributed by atoms with van der Waals surface area (Å²) >= 11 is 0. The summed E-state index contributed by atoms with van der Waals surface area (Å²) in [4.78, 5) is 21.1. The summed E-state index contributed by atoms with van der Waals surface area (Å²) in [6, 6.07) is 0. The second-order valence-corrected chi connectivity index (χ2v) is 18.4. The molecular formula is C5H7Cl3GeO4. The minimum atomic E-state index is -4.04. The molecule has 4 nitrogen and oxygen atoms in total. The van der Waals surface area contributed by atoms with Gasteiger partial charge in [0.2, 0.25) is 0 Å². The van der Waals surface area contributed by atoms with Crippen LogP contribution in [0.4, 0.5) is 0 Å². The van der Waals surface area contributed by atoms with Crippen molar-refractivity contribution in [1.29, 1.82) is 0 Å². The van der Waals surface area contributed by atoms with Crippen LogP contribution in [0.15, 0.2) is 0 Å². The number of rotatable bonds is 4. The van der Waals surface area contributed by atoms with Crippen LogP contribution in [0, 0.1) is 5.92 Å². The summed E-state index contributed by atoms with van der Waals surface area (Å²) < 4.78 is -1.37. The van der Waals surface area contributed by atoms with E-state index in [9.17, 15) is 9.59 Å². The average molecular weight is 310 g/mol. The first-order valence-corrected chi connectivity index (χ1v) is 12.7. The fourth-order valence-corrected chi connectivity index (χ4v) is 7.26. The van der Waals surface area contributed by atoms with Crippen LogP contribution in [-0.4, -0.2) is 32.6 Å². The van der Waals surface area contributed by atoms with E-state index in [0.29, 0.717) is 0 Å². The number of carbonyl (C=O) groups is 2. The van der Waals surface area contributed by atoms with Gasteiger partial charge in [0, 0.05) is 0 Å². The number of hydrogen-bond donors (Lipinski definition) is 2. The van der Waals surface area contributed by atoms with Crippen molar-refractivity contribution in [3.8, 4) is 0 Å². The van der Waals surface area contributed by atoms with Crippen LogP contribution in [-0.2, 0) is 9.59 Å². The third-order valence-electron chi connectivity index (χ3n) is 1.51. The van der Waals surface area contributed by atoms with Crippen molar-refractivity contribution >= 4 is 52.4 Å². The molecule has 0 aliphatic heterocycles. The van der Waals surface area contributed by atoms with Gasteiger partial charge in [-0.05, 0) is 0 Å². The average Bonchev–Trinajstić information content (AvgIpc) is 1.82. The van der Waals surface area contributed by atoms with E-state index in [4.69, 9.17) is 40.2 Å².